The van der Waals surface area contributed by atoms with Gasteiger partial charge in [-0.2, -0.15) is 5.10 Å². The molecule has 0 unspecified atom stereocenters. The van der Waals surface area contributed by atoms with Gasteiger partial charge in [0.2, 0.25) is 5.91 Å². The first-order valence-corrected chi connectivity index (χ1v) is 8.72. The van der Waals surface area contributed by atoms with Gasteiger partial charge in [0.25, 0.3) is 0 Å². The number of likely N-dealkylation sites (tertiary alicyclic amines) is 1. The maximum Gasteiger partial charge on any atom is 0.227 e. The Bertz CT molecular complexity index is 664. The monoisotopic (exact) mass is 325 g/mol. The number of rotatable bonds is 4. The lowest BCUT2D eigenvalue weighted by Crippen LogP contribution is -2.37. The first-order valence-electron chi connectivity index (χ1n) is 8.72. The minimum Gasteiger partial charge on any atom is -0.312 e. The summed E-state index contributed by atoms with van der Waals surface area (Å²) >= 11 is 0. The zero-order valence-electron chi connectivity index (χ0n) is 13.8. The van der Waals surface area contributed by atoms with E-state index in [-0.39, 0.29) is 5.91 Å². The summed E-state index contributed by atoms with van der Waals surface area (Å²) < 4.78 is 0. The van der Waals surface area contributed by atoms with Gasteiger partial charge in [0.1, 0.15) is 12.2 Å². The van der Waals surface area contributed by atoms with Crippen molar-refractivity contribution in [3.8, 4) is 0 Å². The first kappa shape index (κ1) is 15.3. The second-order valence-corrected chi connectivity index (χ2v) is 6.86. The van der Waals surface area contributed by atoms with Crippen LogP contribution in [0.15, 0.2) is 36.7 Å². The Morgan fingerprint density at radius 2 is 1.96 bits per heavy atom. The van der Waals surface area contributed by atoms with Crippen LogP contribution in [-0.2, 0) is 4.79 Å². The van der Waals surface area contributed by atoms with Crippen LogP contribution in [0.3, 0.4) is 0 Å². The largest absolute Gasteiger partial charge is 0.312 e. The summed E-state index contributed by atoms with van der Waals surface area (Å²) in [6, 6.07) is 10.0. The van der Waals surface area contributed by atoms with Gasteiger partial charge in [-0.25, -0.2) is 4.98 Å². The van der Waals surface area contributed by atoms with Crippen molar-refractivity contribution >= 4 is 11.6 Å². The summed E-state index contributed by atoms with van der Waals surface area (Å²) in [5.74, 6) is 2.19. The highest BCUT2D eigenvalue weighted by atomic mass is 16.2. The smallest absolute Gasteiger partial charge is 0.227 e. The number of piperidine rings is 1. The molecule has 0 saturated carbocycles. The van der Waals surface area contributed by atoms with E-state index in [1.54, 1.807) is 6.33 Å². The fourth-order valence-electron chi connectivity index (χ4n) is 3.93. The molecule has 0 aliphatic carbocycles. The average Bonchev–Trinajstić information content (AvgIpc) is 3.26. The number of aromatic nitrogens is 3. The van der Waals surface area contributed by atoms with Crippen molar-refractivity contribution in [2.45, 2.75) is 25.2 Å². The molecule has 0 spiro atoms. The molecule has 2 aliphatic rings. The highest BCUT2D eigenvalue weighted by molar-refractivity contribution is 5.95. The van der Waals surface area contributed by atoms with Crippen molar-refractivity contribution in [3.63, 3.8) is 0 Å². The van der Waals surface area contributed by atoms with Gasteiger partial charge in [-0.3, -0.25) is 9.89 Å². The Balaban J connectivity index is 1.30. The summed E-state index contributed by atoms with van der Waals surface area (Å²) in [7, 11) is 0. The van der Waals surface area contributed by atoms with Crippen molar-refractivity contribution in [2.24, 2.45) is 5.92 Å². The standard InChI is InChI=1S/C18H23N5O/c24-17-10-14(12-23(17)16-4-2-1-3-5-16)11-22-8-6-15(7-9-22)18-19-13-20-21-18/h1-5,13-15H,6-12H2,(H,19,20,21)/t14-/m1/s1. The van der Waals surface area contributed by atoms with E-state index in [0.717, 1.165) is 50.5 Å². The van der Waals surface area contributed by atoms with Crippen LogP contribution in [0.2, 0.25) is 0 Å². The van der Waals surface area contributed by atoms with Crippen LogP contribution >= 0.6 is 0 Å². The van der Waals surface area contributed by atoms with Crippen molar-refractivity contribution < 1.29 is 4.79 Å². The maximum atomic E-state index is 12.3. The molecule has 1 amide bonds. The van der Waals surface area contributed by atoms with Crippen LogP contribution in [0.25, 0.3) is 0 Å². The lowest BCUT2D eigenvalue weighted by atomic mass is 9.95. The Hall–Kier alpha value is -2.21. The summed E-state index contributed by atoms with van der Waals surface area (Å²) in [6.07, 6.45) is 4.47. The molecule has 126 valence electrons. The number of nitrogens with zero attached hydrogens (tertiary/aromatic N) is 4. The van der Waals surface area contributed by atoms with E-state index in [2.05, 4.69) is 20.1 Å². The number of benzene rings is 1. The number of H-pyrrole nitrogens is 1. The maximum absolute atomic E-state index is 12.3. The SMILES string of the molecule is O=C1C[C@H](CN2CCC(c3ncn[nH]3)CC2)CN1c1ccccc1. The van der Waals surface area contributed by atoms with Crippen LogP contribution in [0.4, 0.5) is 5.69 Å². The molecule has 2 fully saturated rings. The highest BCUT2D eigenvalue weighted by Gasteiger charge is 2.32. The molecule has 6 nitrogen and oxygen atoms in total. The average molecular weight is 325 g/mol. The van der Waals surface area contributed by atoms with E-state index in [9.17, 15) is 4.79 Å². The van der Waals surface area contributed by atoms with Gasteiger partial charge in [-0.05, 0) is 44.0 Å². The van der Waals surface area contributed by atoms with Gasteiger partial charge in [-0.15, -0.1) is 0 Å². The number of hydrogen-bond donors (Lipinski definition) is 1. The second kappa shape index (κ2) is 6.73. The molecule has 6 heteroatoms. The lowest BCUT2D eigenvalue weighted by molar-refractivity contribution is -0.117. The molecule has 1 atom stereocenters. The fourth-order valence-corrected chi connectivity index (χ4v) is 3.93. The van der Waals surface area contributed by atoms with Crippen molar-refractivity contribution in [1.82, 2.24) is 20.1 Å². The van der Waals surface area contributed by atoms with Crippen LogP contribution in [0.1, 0.15) is 31.0 Å². The number of hydrogen-bond acceptors (Lipinski definition) is 4. The number of carbonyl (C=O) groups excluding carboxylic acids is 1. The molecular formula is C18H23N5O. The number of aromatic amines is 1. The molecule has 3 heterocycles. The molecule has 1 aromatic carbocycles. The predicted octanol–water partition coefficient (Wildman–Crippen LogP) is 2.04. The third-order valence-electron chi connectivity index (χ3n) is 5.20. The van der Waals surface area contributed by atoms with Gasteiger partial charge in [0, 0.05) is 31.1 Å². The van der Waals surface area contributed by atoms with Crippen LogP contribution in [0.5, 0.6) is 0 Å². The molecule has 0 bridgehead atoms. The summed E-state index contributed by atoms with van der Waals surface area (Å²) in [5.41, 5.74) is 1.02. The lowest BCUT2D eigenvalue weighted by Gasteiger charge is -2.32. The third-order valence-corrected chi connectivity index (χ3v) is 5.20. The number of nitrogens with one attached hydrogen (secondary N) is 1. The summed E-state index contributed by atoms with van der Waals surface area (Å²) in [6.45, 7) is 3.99. The molecule has 1 N–H and O–H groups in total. The minimum absolute atomic E-state index is 0.253. The number of anilines is 1. The summed E-state index contributed by atoms with van der Waals surface area (Å²) in [5, 5.41) is 6.95. The van der Waals surface area contributed by atoms with Crippen molar-refractivity contribution in [3.05, 3.63) is 42.5 Å². The molecule has 24 heavy (non-hydrogen) atoms. The third kappa shape index (κ3) is 3.19. The van der Waals surface area contributed by atoms with Crippen molar-refractivity contribution in [2.75, 3.05) is 31.1 Å². The van der Waals surface area contributed by atoms with E-state index in [0.29, 0.717) is 18.3 Å². The highest BCUT2D eigenvalue weighted by Crippen LogP contribution is 2.29. The zero-order chi connectivity index (χ0) is 16.4. The van der Waals surface area contributed by atoms with Gasteiger partial charge in [0.05, 0.1) is 0 Å². The normalized spacial score (nSPS) is 23.1. The van der Waals surface area contributed by atoms with Gasteiger partial charge in [0.15, 0.2) is 0 Å². The van der Waals surface area contributed by atoms with E-state index in [1.165, 1.54) is 0 Å². The van der Waals surface area contributed by atoms with Gasteiger partial charge < -0.3 is 9.80 Å². The predicted molar refractivity (Wildman–Crippen MR) is 91.7 cm³/mol. The van der Waals surface area contributed by atoms with Crippen LogP contribution in [-0.4, -0.2) is 52.2 Å². The minimum atomic E-state index is 0.253. The Morgan fingerprint density at radius 3 is 2.67 bits per heavy atom. The van der Waals surface area contributed by atoms with E-state index in [1.807, 2.05) is 35.2 Å². The molecule has 2 aromatic rings. The zero-order valence-corrected chi connectivity index (χ0v) is 13.8. The molecular weight excluding hydrogens is 302 g/mol. The molecule has 1 aromatic heterocycles. The van der Waals surface area contributed by atoms with Crippen LogP contribution < -0.4 is 4.90 Å². The number of amides is 1. The molecule has 2 saturated heterocycles. The Morgan fingerprint density at radius 1 is 1.17 bits per heavy atom. The Kier molecular flexibility index (Phi) is 4.30. The quantitative estimate of drug-likeness (QED) is 0.934. The molecule has 0 radical (unpaired) electrons. The topological polar surface area (TPSA) is 65.1 Å². The van der Waals surface area contributed by atoms with Crippen LogP contribution in [0, 0.1) is 5.92 Å². The van der Waals surface area contributed by atoms with E-state index >= 15 is 0 Å². The van der Waals surface area contributed by atoms with E-state index in [4.69, 9.17) is 0 Å². The molecule has 4 rings (SSSR count). The first-order chi connectivity index (χ1) is 11.8. The molecule has 2 aliphatic heterocycles. The number of carbonyl (C=O) groups is 1. The fraction of sp³-hybridized carbons (Fsp3) is 0.500. The second-order valence-electron chi connectivity index (χ2n) is 6.86. The summed E-state index contributed by atoms with van der Waals surface area (Å²) in [4.78, 5) is 21.0. The van der Waals surface area contributed by atoms with Crippen molar-refractivity contribution in [1.29, 1.82) is 0 Å². The Labute approximate surface area is 141 Å². The van der Waals surface area contributed by atoms with E-state index < -0.39 is 0 Å². The number of para-hydroxylation sites is 1. The van der Waals surface area contributed by atoms with Gasteiger partial charge >= 0.3 is 0 Å². The van der Waals surface area contributed by atoms with Gasteiger partial charge in [-0.1, -0.05) is 18.2 Å².